The van der Waals surface area contributed by atoms with Gasteiger partial charge in [-0.2, -0.15) is 0 Å². The summed E-state index contributed by atoms with van der Waals surface area (Å²) in [6.45, 7) is 2.77. The van der Waals surface area contributed by atoms with Crippen molar-refractivity contribution in [3.63, 3.8) is 0 Å². The van der Waals surface area contributed by atoms with Gasteiger partial charge in [0.15, 0.2) is 4.96 Å². The molecule has 1 amide bonds. The molecule has 0 radical (unpaired) electrons. The van der Waals surface area contributed by atoms with Crippen molar-refractivity contribution in [2.75, 3.05) is 11.9 Å². The summed E-state index contributed by atoms with van der Waals surface area (Å²) in [5.41, 5.74) is 1.66. The number of anilines is 1. The Morgan fingerprint density at radius 2 is 2.24 bits per heavy atom. The highest BCUT2D eigenvalue weighted by Crippen LogP contribution is 2.30. The molecule has 3 aromatic heterocycles. The molecule has 0 aliphatic carbocycles. The molecule has 1 N–H and O–H groups in total. The molecule has 0 saturated heterocycles. The summed E-state index contributed by atoms with van der Waals surface area (Å²) in [6, 6.07) is 9.42. The Bertz CT molecular complexity index is 1030. The van der Waals surface area contributed by atoms with E-state index in [1.807, 2.05) is 46.3 Å². The number of imidazole rings is 1. The Balaban J connectivity index is 1.56. The van der Waals surface area contributed by atoms with Crippen LogP contribution in [-0.4, -0.2) is 21.9 Å². The third kappa shape index (κ3) is 3.12. The molecule has 0 unspecified atom stereocenters. The van der Waals surface area contributed by atoms with Crippen molar-refractivity contribution >= 4 is 49.6 Å². The maximum Gasteiger partial charge on any atom is 0.265 e. The standard InChI is InChI=1S/C18H17N3O2S2/c1-2-3-9-23-14-7-5-4-6-12(14)19-16(22)15-11-13-17(25-15)20-18-21(13)8-10-24-18/h4-8,10-11H,2-3,9H2,1H3,(H,19,22). The van der Waals surface area contributed by atoms with E-state index in [0.29, 0.717) is 22.9 Å². The maximum atomic E-state index is 12.6. The fourth-order valence-electron chi connectivity index (χ4n) is 2.57. The number of ether oxygens (including phenoxy) is 1. The van der Waals surface area contributed by atoms with Gasteiger partial charge < -0.3 is 10.1 Å². The number of nitrogens with zero attached hydrogens (tertiary/aromatic N) is 2. The number of benzene rings is 1. The first-order chi connectivity index (χ1) is 12.3. The van der Waals surface area contributed by atoms with E-state index in [9.17, 15) is 4.79 Å². The zero-order chi connectivity index (χ0) is 17.2. The van der Waals surface area contributed by atoms with Gasteiger partial charge in [-0.1, -0.05) is 25.5 Å². The molecule has 4 aromatic rings. The zero-order valence-corrected chi connectivity index (χ0v) is 15.3. The number of amides is 1. The van der Waals surface area contributed by atoms with Crippen LogP contribution in [0.5, 0.6) is 5.75 Å². The van der Waals surface area contributed by atoms with Gasteiger partial charge in [0, 0.05) is 11.6 Å². The molecule has 0 bridgehead atoms. The number of rotatable bonds is 6. The monoisotopic (exact) mass is 371 g/mol. The van der Waals surface area contributed by atoms with E-state index in [1.54, 1.807) is 11.3 Å². The second-order valence-electron chi connectivity index (χ2n) is 5.62. The first kappa shape index (κ1) is 16.1. The van der Waals surface area contributed by atoms with Gasteiger partial charge in [0.05, 0.1) is 22.7 Å². The van der Waals surface area contributed by atoms with Crippen LogP contribution in [0.25, 0.3) is 15.3 Å². The first-order valence-electron chi connectivity index (χ1n) is 8.14. The van der Waals surface area contributed by atoms with Crippen LogP contribution < -0.4 is 10.1 Å². The Kier molecular flexibility index (Phi) is 4.42. The third-order valence-corrected chi connectivity index (χ3v) is 5.63. The smallest absolute Gasteiger partial charge is 0.265 e. The molecule has 0 aliphatic heterocycles. The van der Waals surface area contributed by atoms with Gasteiger partial charge in [0.1, 0.15) is 10.6 Å². The lowest BCUT2D eigenvalue weighted by molar-refractivity contribution is 0.103. The number of para-hydroxylation sites is 2. The summed E-state index contributed by atoms with van der Waals surface area (Å²) in [5, 5.41) is 4.95. The molecule has 0 saturated carbocycles. The number of carbonyl (C=O) groups is 1. The summed E-state index contributed by atoms with van der Waals surface area (Å²) >= 11 is 2.99. The fraction of sp³-hybridized carbons (Fsp3) is 0.222. The topological polar surface area (TPSA) is 55.6 Å². The van der Waals surface area contributed by atoms with Gasteiger partial charge >= 0.3 is 0 Å². The lowest BCUT2D eigenvalue weighted by Crippen LogP contribution is -2.11. The maximum absolute atomic E-state index is 12.6. The van der Waals surface area contributed by atoms with Gasteiger partial charge in [-0.15, -0.1) is 22.7 Å². The number of thiazole rings is 1. The van der Waals surface area contributed by atoms with Crippen molar-refractivity contribution in [3.05, 3.63) is 46.8 Å². The highest BCUT2D eigenvalue weighted by atomic mass is 32.1. The second kappa shape index (κ2) is 6.85. The summed E-state index contributed by atoms with van der Waals surface area (Å²) in [7, 11) is 0. The number of fused-ring (bicyclic) bond motifs is 3. The van der Waals surface area contributed by atoms with E-state index in [-0.39, 0.29) is 5.91 Å². The minimum atomic E-state index is -0.140. The van der Waals surface area contributed by atoms with Crippen LogP contribution in [0.15, 0.2) is 41.9 Å². The van der Waals surface area contributed by atoms with E-state index >= 15 is 0 Å². The zero-order valence-electron chi connectivity index (χ0n) is 13.7. The average Bonchev–Trinajstić information content (AvgIpc) is 3.28. The molecule has 0 fully saturated rings. The van der Waals surface area contributed by atoms with Crippen molar-refractivity contribution in [1.82, 2.24) is 9.38 Å². The fourth-order valence-corrected chi connectivity index (χ4v) is 4.26. The van der Waals surface area contributed by atoms with Gasteiger partial charge in [0.25, 0.3) is 5.91 Å². The number of hydrogen-bond donors (Lipinski definition) is 1. The van der Waals surface area contributed by atoms with Crippen molar-refractivity contribution < 1.29 is 9.53 Å². The molecule has 25 heavy (non-hydrogen) atoms. The van der Waals surface area contributed by atoms with Crippen LogP contribution in [-0.2, 0) is 0 Å². The number of carbonyl (C=O) groups excluding carboxylic acids is 1. The molecule has 5 nitrogen and oxygen atoms in total. The number of hydrogen-bond acceptors (Lipinski definition) is 5. The van der Waals surface area contributed by atoms with Crippen molar-refractivity contribution in [2.24, 2.45) is 0 Å². The molecule has 3 heterocycles. The Hall–Kier alpha value is -2.38. The Morgan fingerprint density at radius 1 is 1.36 bits per heavy atom. The molecule has 7 heteroatoms. The van der Waals surface area contributed by atoms with Crippen LogP contribution >= 0.6 is 22.7 Å². The number of nitrogens with one attached hydrogen (secondary N) is 1. The first-order valence-corrected chi connectivity index (χ1v) is 9.84. The SMILES string of the molecule is CCCCOc1ccccc1NC(=O)c1cc2c(nc3sccn32)s1. The quantitative estimate of drug-likeness (QED) is 0.483. The lowest BCUT2D eigenvalue weighted by Gasteiger charge is -2.11. The van der Waals surface area contributed by atoms with E-state index in [0.717, 1.165) is 28.1 Å². The molecule has 0 atom stereocenters. The van der Waals surface area contributed by atoms with Crippen molar-refractivity contribution in [3.8, 4) is 5.75 Å². The van der Waals surface area contributed by atoms with Crippen molar-refractivity contribution in [1.29, 1.82) is 0 Å². The van der Waals surface area contributed by atoms with Crippen LogP contribution in [0, 0.1) is 0 Å². The molecular formula is C18H17N3O2S2. The Morgan fingerprint density at radius 3 is 3.12 bits per heavy atom. The van der Waals surface area contributed by atoms with Crippen LogP contribution in [0.1, 0.15) is 29.4 Å². The molecular weight excluding hydrogens is 354 g/mol. The lowest BCUT2D eigenvalue weighted by atomic mass is 10.2. The van der Waals surface area contributed by atoms with E-state index in [4.69, 9.17) is 4.74 Å². The van der Waals surface area contributed by atoms with Gasteiger partial charge in [0.2, 0.25) is 0 Å². The van der Waals surface area contributed by atoms with Crippen LogP contribution in [0.4, 0.5) is 5.69 Å². The van der Waals surface area contributed by atoms with E-state index in [2.05, 4.69) is 17.2 Å². The number of unbranched alkanes of at least 4 members (excludes halogenated alkanes) is 1. The molecule has 0 aliphatic rings. The predicted octanol–water partition coefficient (Wildman–Crippen LogP) is 5.04. The van der Waals surface area contributed by atoms with E-state index in [1.165, 1.54) is 11.3 Å². The molecule has 1 aromatic carbocycles. The van der Waals surface area contributed by atoms with Crippen LogP contribution in [0.3, 0.4) is 0 Å². The minimum Gasteiger partial charge on any atom is -0.491 e. The number of aromatic nitrogens is 2. The van der Waals surface area contributed by atoms with Crippen molar-refractivity contribution in [2.45, 2.75) is 19.8 Å². The summed E-state index contributed by atoms with van der Waals surface area (Å²) in [5.74, 6) is 0.561. The van der Waals surface area contributed by atoms with Gasteiger partial charge in [-0.25, -0.2) is 4.98 Å². The van der Waals surface area contributed by atoms with Gasteiger partial charge in [-0.05, 0) is 24.6 Å². The second-order valence-corrected chi connectivity index (χ2v) is 7.52. The molecule has 0 spiro atoms. The van der Waals surface area contributed by atoms with E-state index < -0.39 is 0 Å². The third-order valence-electron chi connectivity index (χ3n) is 3.85. The molecule has 4 rings (SSSR count). The summed E-state index contributed by atoms with van der Waals surface area (Å²) < 4.78 is 7.79. The normalized spacial score (nSPS) is 11.2. The highest BCUT2D eigenvalue weighted by molar-refractivity contribution is 7.21. The predicted molar refractivity (Wildman–Crippen MR) is 103 cm³/mol. The summed E-state index contributed by atoms with van der Waals surface area (Å²) in [6.07, 6.45) is 4.03. The van der Waals surface area contributed by atoms with Crippen LogP contribution in [0.2, 0.25) is 0 Å². The number of thiophene rings is 1. The highest BCUT2D eigenvalue weighted by Gasteiger charge is 2.16. The average molecular weight is 371 g/mol. The molecule has 128 valence electrons. The summed E-state index contributed by atoms with van der Waals surface area (Å²) in [4.78, 5) is 19.7. The largest absolute Gasteiger partial charge is 0.491 e. The Labute approximate surface area is 152 Å². The minimum absolute atomic E-state index is 0.140. The van der Waals surface area contributed by atoms with Gasteiger partial charge in [-0.3, -0.25) is 9.20 Å².